The SMILES string of the molecule is CC1CCCCN1Cc1cc2cc[nH]c(=O)c2[nH]1. The number of nitrogens with zero attached hydrogens (tertiary/aromatic N) is 1. The van der Waals surface area contributed by atoms with Crippen molar-refractivity contribution in [1.82, 2.24) is 14.9 Å². The van der Waals surface area contributed by atoms with Gasteiger partial charge in [-0.1, -0.05) is 6.42 Å². The van der Waals surface area contributed by atoms with Crippen LogP contribution in [0.5, 0.6) is 0 Å². The van der Waals surface area contributed by atoms with E-state index in [1.165, 1.54) is 19.3 Å². The number of nitrogens with one attached hydrogen (secondary N) is 2. The Morgan fingerprint density at radius 2 is 2.33 bits per heavy atom. The van der Waals surface area contributed by atoms with Crippen LogP contribution in [0, 0.1) is 0 Å². The zero-order valence-electron chi connectivity index (χ0n) is 10.7. The Labute approximate surface area is 106 Å². The lowest BCUT2D eigenvalue weighted by Gasteiger charge is -2.32. The lowest BCUT2D eigenvalue weighted by atomic mass is 10.0. The molecule has 3 heterocycles. The summed E-state index contributed by atoms with van der Waals surface area (Å²) in [5, 5.41) is 0.999. The summed E-state index contributed by atoms with van der Waals surface area (Å²) in [6.45, 7) is 4.36. The molecule has 0 bridgehead atoms. The Morgan fingerprint density at radius 3 is 3.11 bits per heavy atom. The van der Waals surface area contributed by atoms with Crippen LogP contribution < -0.4 is 5.56 Å². The van der Waals surface area contributed by atoms with Crippen LogP contribution in [0.2, 0.25) is 0 Å². The average Bonchev–Trinajstić information content (AvgIpc) is 2.76. The quantitative estimate of drug-likeness (QED) is 0.852. The molecule has 96 valence electrons. The number of hydrogen-bond donors (Lipinski definition) is 2. The molecule has 4 nitrogen and oxygen atoms in total. The van der Waals surface area contributed by atoms with E-state index in [1.54, 1.807) is 6.20 Å². The standard InChI is InChI=1S/C14H19N3O/c1-10-4-2-3-7-17(10)9-12-8-11-5-6-15-14(18)13(11)16-12/h5-6,8,10,16H,2-4,7,9H2,1H3,(H,15,18). The highest BCUT2D eigenvalue weighted by atomic mass is 16.1. The van der Waals surface area contributed by atoms with Gasteiger partial charge in [0.15, 0.2) is 0 Å². The fourth-order valence-electron chi connectivity index (χ4n) is 2.82. The van der Waals surface area contributed by atoms with Gasteiger partial charge in [0.2, 0.25) is 0 Å². The molecule has 0 amide bonds. The summed E-state index contributed by atoms with van der Waals surface area (Å²) in [5.74, 6) is 0. The van der Waals surface area contributed by atoms with Crippen molar-refractivity contribution >= 4 is 10.9 Å². The number of aromatic amines is 2. The Bertz CT molecular complexity index is 598. The van der Waals surface area contributed by atoms with Crippen LogP contribution in [0.15, 0.2) is 23.1 Å². The van der Waals surface area contributed by atoms with Gasteiger partial charge in [0.05, 0.1) is 0 Å². The van der Waals surface area contributed by atoms with Crippen molar-refractivity contribution in [3.63, 3.8) is 0 Å². The lowest BCUT2D eigenvalue weighted by molar-refractivity contribution is 0.151. The van der Waals surface area contributed by atoms with E-state index in [-0.39, 0.29) is 5.56 Å². The second-order valence-electron chi connectivity index (χ2n) is 5.25. The number of rotatable bonds is 2. The topological polar surface area (TPSA) is 51.9 Å². The largest absolute Gasteiger partial charge is 0.353 e. The number of pyridine rings is 1. The van der Waals surface area contributed by atoms with Gasteiger partial charge in [-0.3, -0.25) is 9.69 Å². The van der Waals surface area contributed by atoms with E-state index in [4.69, 9.17) is 0 Å². The molecule has 4 heteroatoms. The molecule has 0 radical (unpaired) electrons. The third-order valence-electron chi connectivity index (χ3n) is 3.92. The molecular weight excluding hydrogens is 226 g/mol. The number of likely N-dealkylation sites (tertiary alicyclic amines) is 1. The second-order valence-corrected chi connectivity index (χ2v) is 5.25. The Kier molecular flexibility index (Phi) is 2.96. The first-order chi connectivity index (χ1) is 8.74. The monoisotopic (exact) mass is 245 g/mol. The predicted molar refractivity (Wildman–Crippen MR) is 72.6 cm³/mol. The molecule has 0 aliphatic carbocycles. The van der Waals surface area contributed by atoms with Gasteiger partial charge in [0.1, 0.15) is 5.52 Å². The number of fused-ring (bicyclic) bond motifs is 1. The number of aromatic nitrogens is 2. The number of hydrogen-bond acceptors (Lipinski definition) is 2. The molecule has 1 aliphatic rings. The van der Waals surface area contributed by atoms with Crippen molar-refractivity contribution < 1.29 is 0 Å². The van der Waals surface area contributed by atoms with E-state index < -0.39 is 0 Å². The van der Waals surface area contributed by atoms with E-state index in [1.807, 2.05) is 6.07 Å². The van der Waals surface area contributed by atoms with Crippen LogP contribution in [0.1, 0.15) is 31.9 Å². The van der Waals surface area contributed by atoms with Gasteiger partial charge >= 0.3 is 0 Å². The van der Waals surface area contributed by atoms with E-state index in [9.17, 15) is 4.79 Å². The highest BCUT2D eigenvalue weighted by molar-refractivity contribution is 5.78. The molecule has 3 rings (SSSR count). The maximum absolute atomic E-state index is 11.6. The van der Waals surface area contributed by atoms with Crippen LogP contribution in [0.3, 0.4) is 0 Å². The van der Waals surface area contributed by atoms with E-state index in [0.717, 1.165) is 24.2 Å². The van der Waals surface area contributed by atoms with Gasteiger partial charge in [-0.15, -0.1) is 0 Å². The lowest BCUT2D eigenvalue weighted by Crippen LogP contribution is -2.36. The predicted octanol–water partition coefficient (Wildman–Crippen LogP) is 2.23. The van der Waals surface area contributed by atoms with Crippen molar-refractivity contribution in [3.8, 4) is 0 Å². The third-order valence-corrected chi connectivity index (χ3v) is 3.92. The van der Waals surface area contributed by atoms with Crippen molar-refractivity contribution in [2.24, 2.45) is 0 Å². The van der Waals surface area contributed by atoms with Crippen LogP contribution in [0.25, 0.3) is 10.9 Å². The smallest absolute Gasteiger partial charge is 0.272 e. The normalized spacial score (nSPS) is 21.5. The summed E-state index contributed by atoms with van der Waals surface area (Å²) < 4.78 is 0. The molecule has 0 spiro atoms. The summed E-state index contributed by atoms with van der Waals surface area (Å²) in [5.41, 5.74) is 1.79. The minimum Gasteiger partial charge on any atom is -0.353 e. The summed E-state index contributed by atoms with van der Waals surface area (Å²) >= 11 is 0. The second kappa shape index (κ2) is 4.61. The summed E-state index contributed by atoms with van der Waals surface area (Å²) in [4.78, 5) is 20.1. The highest BCUT2D eigenvalue weighted by Gasteiger charge is 2.18. The zero-order chi connectivity index (χ0) is 12.5. The summed E-state index contributed by atoms with van der Waals surface area (Å²) in [7, 11) is 0. The van der Waals surface area contributed by atoms with E-state index in [2.05, 4.69) is 27.9 Å². The Hall–Kier alpha value is -1.55. The molecule has 18 heavy (non-hydrogen) atoms. The van der Waals surface area contributed by atoms with Gasteiger partial charge in [-0.05, 0) is 38.4 Å². The Balaban J connectivity index is 1.86. The molecule has 2 aromatic rings. The minimum atomic E-state index is -0.0366. The van der Waals surface area contributed by atoms with Crippen molar-refractivity contribution in [2.45, 2.75) is 38.8 Å². The van der Waals surface area contributed by atoms with Crippen LogP contribution in [0.4, 0.5) is 0 Å². The van der Waals surface area contributed by atoms with E-state index in [0.29, 0.717) is 11.6 Å². The number of H-pyrrole nitrogens is 2. The van der Waals surface area contributed by atoms with Gasteiger partial charge in [0.25, 0.3) is 5.56 Å². The maximum Gasteiger partial charge on any atom is 0.272 e. The first kappa shape index (κ1) is 11.5. The first-order valence-corrected chi connectivity index (χ1v) is 6.67. The van der Waals surface area contributed by atoms with E-state index >= 15 is 0 Å². The number of piperidine rings is 1. The molecule has 1 atom stereocenters. The molecule has 1 saturated heterocycles. The Morgan fingerprint density at radius 1 is 1.44 bits per heavy atom. The third kappa shape index (κ3) is 2.08. The van der Waals surface area contributed by atoms with Gasteiger partial charge < -0.3 is 9.97 Å². The minimum absolute atomic E-state index is 0.0366. The van der Waals surface area contributed by atoms with Crippen LogP contribution >= 0.6 is 0 Å². The summed E-state index contributed by atoms with van der Waals surface area (Å²) in [6.07, 6.45) is 5.60. The van der Waals surface area contributed by atoms with Crippen molar-refractivity contribution in [1.29, 1.82) is 0 Å². The average molecular weight is 245 g/mol. The fraction of sp³-hybridized carbons (Fsp3) is 0.500. The van der Waals surface area contributed by atoms with Gasteiger partial charge in [-0.2, -0.15) is 0 Å². The van der Waals surface area contributed by atoms with Gasteiger partial charge in [0, 0.05) is 29.9 Å². The maximum atomic E-state index is 11.6. The molecule has 1 unspecified atom stereocenters. The molecule has 0 aromatic carbocycles. The summed E-state index contributed by atoms with van der Waals surface area (Å²) in [6, 6.07) is 4.67. The van der Waals surface area contributed by atoms with Crippen molar-refractivity contribution in [2.75, 3.05) is 6.54 Å². The van der Waals surface area contributed by atoms with Gasteiger partial charge in [-0.25, -0.2) is 0 Å². The molecule has 2 N–H and O–H groups in total. The molecule has 1 aliphatic heterocycles. The molecule has 0 saturated carbocycles. The fourth-order valence-corrected chi connectivity index (χ4v) is 2.82. The van der Waals surface area contributed by atoms with Crippen LogP contribution in [-0.4, -0.2) is 27.5 Å². The zero-order valence-corrected chi connectivity index (χ0v) is 10.7. The molecular formula is C14H19N3O. The molecule has 2 aromatic heterocycles. The van der Waals surface area contributed by atoms with Crippen LogP contribution in [-0.2, 0) is 6.54 Å². The molecule has 1 fully saturated rings. The highest BCUT2D eigenvalue weighted by Crippen LogP contribution is 2.20. The van der Waals surface area contributed by atoms with Crippen molar-refractivity contribution in [3.05, 3.63) is 34.4 Å². The first-order valence-electron chi connectivity index (χ1n) is 6.67.